The fraction of sp³-hybridized carbons (Fsp3) is 0.0526. The Kier molecular flexibility index (Phi) is 4.60. The second-order valence-electron chi connectivity index (χ2n) is 5.90. The van der Waals surface area contributed by atoms with Gasteiger partial charge in [0.1, 0.15) is 11.3 Å². The van der Waals surface area contributed by atoms with Crippen molar-refractivity contribution in [2.24, 2.45) is 0 Å². The van der Waals surface area contributed by atoms with Crippen molar-refractivity contribution in [3.05, 3.63) is 77.5 Å². The first-order chi connectivity index (χ1) is 13.1. The van der Waals surface area contributed by atoms with Crippen molar-refractivity contribution in [3.63, 3.8) is 0 Å². The third-order valence-electron chi connectivity index (χ3n) is 4.03. The van der Waals surface area contributed by atoms with Crippen molar-refractivity contribution in [3.8, 4) is 0 Å². The molecule has 0 saturated carbocycles. The van der Waals surface area contributed by atoms with Crippen LogP contribution < -0.4 is 10.6 Å². The molecule has 0 aliphatic rings. The molecule has 8 heteroatoms. The summed E-state index contributed by atoms with van der Waals surface area (Å²) in [5.74, 6) is -0.946. The van der Waals surface area contributed by atoms with Crippen molar-refractivity contribution in [2.75, 3.05) is 10.6 Å². The lowest BCUT2D eigenvalue weighted by atomic mass is 10.1. The lowest BCUT2D eigenvalue weighted by Gasteiger charge is -2.12. The van der Waals surface area contributed by atoms with Gasteiger partial charge in [0.25, 0.3) is 0 Å². The van der Waals surface area contributed by atoms with Crippen molar-refractivity contribution in [1.29, 1.82) is 0 Å². The highest BCUT2D eigenvalue weighted by atomic mass is 35.5. The van der Waals surface area contributed by atoms with Gasteiger partial charge in [0.05, 0.1) is 23.6 Å². The molecule has 4 rings (SSSR count). The standard InChI is InChI=1S/C19H14ClF2N5/c20-15-6-11(1-2-16(15)21)27-18-3-4-24-19-14(18)5-12(7-17(19)22)25-9-13-8-23-10-26-13/h1-8,10,25H,9H2,(H,23,26)(H,24,27). The highest BCUT2D eigenvalue weighted by Gasteiger charge is 2.10. The van der Waals surface area contributed by atoms with Crippen LogP contribution in [0.15, 0.2) is 55.1 Å². The first-order valence-electron chi connectivity index (χ1n) is 8.11. The zero-order valence-electron chi connectivity index (χ0n) is 13.9. The molecule has 0 radical (unpaired) electrons. The molecular formula is C19H14ClF2N5. The van der Waals surface area contributed by atoms with E-state index in [1.807, 2.05) is 0 Å². The number of imidazole rings is 1. The van der Waals surface area contributed by atoms with E-state index in [0.717, 1.165) is 5.69 Å². The topological polar surface area (TPSA) is 65.6 Å². The molecular weight excluding hydrogens is 372 g/mol. The molecule has 2 aromatic heterocycles. The number of aromatic nitrogens is 3. The summed E-state index contributed by atoms with van der Waals surface area (Å²) in [6, 6.07) is 9.22. The molecule has 0 unspecified atom stereocenters. The van der Waals surface area contributed by atoms with E-state index in [-0.39, 0.29) is 10.5 Å². The monoisotopic (exact) mass is 385 g/mol. The molecule has 3 N–H and O–H groups in total. The summed E-state index contributed by atoms with van der Waals surface area (Å²) in [6.07, 6.45) is 4.78. The van der Waals surface area contributed by atoms with Gasteiger partial charge >= 0.3 is 0 Å². The molecule has 136 valence electrons. The molecule has 0 saturated heterocycles. The van der Waals surface area contributed by atoms with Crippen LogP contribution in [0.5, 0.6) is 0 Å². The van der Waals surface area contributed by atoms with Gasteiger partial charge in [-0.1, -0.05) is 11.6 Å². The third kappa shape index (κ3) is 3.68. The second-order valence-corrected chi connectivity index (χ2v) is 6.30. The van der Waals surface area contributed by atoms with E-state index in [0.29, 0.717) is 29.0 Å². The zero-order valence-corrected chi connectivity index (χ0v) is 14.7. The molecule has 2 heterocycles. The number of pyridine rings is 1. The number of benzene rings is 2. The molecule has 2 aromatic carbocycles. The smallest absolute Gasteiger partial charge is 0.151 e. The number of rotatable bonds is 5. The number of fused-ring (bicyclic) bond motifs is 1. The minimum atomic E-state index is -0.502. The Bertz CT molecular complexity index is 1100. The first kappa shape index (κ1) is 17.2. The maximum Gasteiger partial charge on any atom is 0.151 e. The summed E-state index contributed by atoms with van der Waals surface area (Å²) < 4.78 is 27.9. The highest BCUT2D eigenvalue weighted by molar-refractivity contribution is 6.31. The highest BCUT2D eigenvalue weighted by Crippen LogP contribution is 2.30. The second kappa shape index (κ2) is 7.20. The summed E-state index contributed by atoms with van der Waals surface area (Å²) in [6.45, 7) is 0.474. The molecule has 0 spiro atoms. The molecule has 0 bridgehead atoms. The van der Waals surface area contributed by atoms with Gasteiger partial charge < -0.3 is 15.6 Å². The largest absolute Gasteiger partial charge is 0.379 e. The average molecular weight is 386 g/mol. The number of H-pyrrole nitrogens is 1. The SMILES string of the molecule is Fc1ccc(Nc2ccnc3c(F)cc(NCc4cnc[nH]4)cc23)cc1Cl. The number of nitrogens with zero attached hydrogens (tertiary/aromatic N) is 2. The Morgan fingerprint density at radius 2 is 1.93 bits per heavy atom. The maximum absolute atomic E-state index is 14.5. The van der Waals surface area contributed by atoms with Gasteiger partial charge in [-0.05, 0) is 36.4 Å². The predicted molar refractivity (Wildman–Crippen MR) is 102 cm³/mol. The van der Waals surface area contributed by atoms with Gasteiger partial charge in [0.15, 0.2) is 5.82 Å². The number of hydrogen-bond acceptors (Lipinski definition) is 4. The summed E-state index contributed by atoms with van der Waals surface area (Å²) in [5.41, 5.74) is 2.93. The normalized spacial score (nSPS) is 10.9. The first-order valence-corrected chi connectivity index (χ1v) is 8.49. The van der Waals surface area contributed by atoms with Gasteiger partial charge in [-0.2, -0.15) is 0 Å². The number of nitrogens with one attached hydrogen (secondary N) is 3. The van der Waals surface area contributed by atoms with Crippen molar-refractivity contribution >= 4 is 39.6 Å². The number of hydrogen-bond donors (Lipinski definition) is 3. The molecule has 27 heavy (non-hydrogen) atoms. The van der Waals surface area contributed by atoms with Gasteiger partial charge in [0, 0.05) is 34.8 Å². The fourth-order valence-corrected chi connectivity index (χ4v) is 2.91. The molecule has 4 aromatic rings. The molecule has 5 nitrogen and oxygen atoms in total. The van der Waals surface area contributed by atoms with Gasteiger partial charge in [-0.25, -0.2) is 13.8 Å². The fourth-order valence-electron chi connectivity index (χ4n) is 2.73. The van der Waals surface area contributed by atoms with Gasteiger partial charge in [-0.3, -0.25) is 4.98 Å². The van der Waals surface area contributed by atoms with Crippen molar-refractivity contribution < 1.29 is 8.78 Å². The van der Waals surface area contributed by atoms with Crippen LogP contribution in [0.25, 0.3) is 10.9 Å². The summed E-state index contributed by atoms with van der Waals surface area (Å²) in [7, 11) is 0. The van der Waals surface area contributed by atoms with Crippen LogP contribution in [-0.2, 0) is 6.54 Å². The van der Waals surface area contributed by atoms with Crippen LogP contribution in [0.4, 0.5) is 25.8 Å². The summed E-state index contributed by atoms with van der Waals surface area (Å²) in [5, 5.41) is 6.88. The average Bonchev–Trinajstić information content (AvgIpc) is 3.17. The molecule has 0 amide bonds. The Labute approximate surface area is 158 Å². The quantitative estimate of drug-likeness (QED) is 0.439. The van der Waals surface area contributed by atoms with E-state index in [2.05, 4.69) is 25.6 Å². The van der Waals surface area contributed by atoms with Gasteiger partial charge in [0.2, 0.25) is 0 Å². The zero-order chi connectivity index (χ0) is 18.8. The van der Waals surface area contributed by atoms with Crippen LogP contribution in [0.2, 0.25) is 5.02 Å². The Morgan fingerprint density at radius 1 is 1.04 bits per heavy atom. The van der Waals surface area contributed by atoms with E-state index in [9.17, 15) is 8.78 Å². The van der Waals surface area contributed by atoms with Crippen LogP contribution in [-0.4, -0.2) is 15.0 Å². The minimum Gasteiger partial charge on any atom is -0.379 e. The van der Waals surface area contributed by atoms with Crippen molar-refractivity contribution in [1.82, 2.24) is 15.0 Å². The lowest BCUT2D eigenvalue weighted by Crippen LogP contribution is -2.01. The molecule has 0 fully saturated rings. The van der Waals surface area contributed by atoms with E-state index >= 15 is 0 Å². The van der Waals surface area contributed by atoms with Crippen LogP contribution in [0, 0.1) is 11.6 Å². The lowest BCUT2D eigenvalue weighted by molar-refractivity contribution is 0.628. The van der Waals surface area contributed by atoms with Gasteiger partial charge in [-0.15, -0.1) is 0 Å². The van der Waals surface area contributed by atoms with E-state index < -0.39 is 11.6 Å². The molecule has 0 atom stereocenters. The minimum absolute atomic E-state index is 0.00598. The van der Waals surface area contributed by atoms with E-state index in [1.54, 1.807) is 30.7 Å². The third-order valence-corrected chi connectivity index (χ3v) is 4.32. The number of aromatic amines is 1. The summed E-state index contributed by atoms with van der Waals surface area (Å²) in [4.78, 5) is 11.0. The predicted octanol–water partition coefficient (Wildman–Crippen LogP) is 5.25. The number of halogens is 3. The summed E-state index contributed by atoms with van der Waals surface area (Å²) >= 11 is 5.83. The van der Waals surface area contributed by atoms with Crippen LogP contribution >= 0.6 is 11.6 Å². The van der Waals surface area contributed by atoms with Crippen LogP contribution in [0.3, 0.4) is 0 Å². The number of anilines is 3. The van der Waals surface area contributed by atoms with Crippen molar-refractivity contribution in [2.45, 2.75) is 6.54 Å². The Hall–Kier alpha value is -3.19. The Morgan fingerprint density at radius 3 is 2.70 bits per heavy atom. The Balaban J connectivity index is 1.68. The van der Waals surface area contributed by atoms with Crippen LogP contribution in [0.1, 0.15) is 5.69 Å². The van der Waals surface area contributed by atoms with E-state index in [4.69, 9.17) is 11.6 Å². The molecule has 0 aliphatic heterocycles. The molecule has 0 aliphatic carbocycles. The maximum atomic E-state index is 14.5. The van der Waals surface area contributed by atoms with E-state index in [1.165, 1.54) is 24.4 Å².